The van der Waals surface area contributed by atoms with Crippen molar-refractivity contribution in [2.75, 3.05) is 7.11 Å². The van der Waals surface area contributed by atoms with Crippen molar-refractivity contribution in [2.45, 2.75) is 12.8 Å². The van der Waals surface area contributed by atoms with Crippen LogP contribution < -0.4 is 4.74 Å². The van der Waals surface area contributed by atoms with Crippen molar-refractivity contribution in [1.82, 2.24) is 0 Å². The van der Waals surface area contributed by atoms with Crippen LogP contribution in [0.25, 0.3) is 0 Å². The third kappa shape index (κ3) is 4.14. The van der Waals surface area contributed by atoms with Crippen molar-refractivity contribution < 1.29 is 24.5 Å². The summed E-state index contributed by atoms with van der Waals surface area (Å²) < 4.78 is 4.98. The van der Waals surface area contributed by atoms with E-state index in [2.05, 4.69) is 0 Å². The molecule has 0 saturated carbocycles. The maximum atomic E-state index is 10.9. The zero-order chi connectivity index (χ0) is 12.8. The van der Waals surface area contributed by atoms with Gasteiger partial charge in [-0.15, -0.1) is 0 Å². The first-order chi connectivity index (χ1) is 8.02. The van der Waals surface area contributed by atoms with E-state index in [9.17, 15) is 9.59 Å². The summed E-state index contributed by atoms with van der Waals surface area (Å²) in [5.74, 6) is -2.42. The maximum Gasteiger partial charge on any atom is 0.307 e. The van der Waals surface area contributed by atoms with E-state index in [1.165, 1.54) is 0 Å². The van der Waals surface area contributed by atoms with E-state index >= 15 is 0 Å². The minimum atomic E-state index is -1.11. The number of hydrogen-bond acceptors (Lipinski definition) is 3. The Morgan fingerprint density at radius 2 is 1.82 bits per heavy atom. The molecule has 0 heterocycles. The Hall–Kier alpha value is -2.04. The van der Waals surface area contributed by atoms with Crippen molar-refractivity contribution >= 4 is 11.9 Å². The van der Waals surface area contributed by atoms with E-state index in [0.29, 0.717) is 5.75 Å². The van der Waals surface area contributed by atoms with Crippen molar-refractivity contribution in [3.8, 4) is 5.75 Å². The van der Waals surface area contributed by atoms with Crippen LogP contribution in [0.1, 0.15) is 12.0 Å². The first kappa shape index (κ1) is 13.0. The first-order valence-electron chi connectivity index (χ1n) is 5.10. The zero-order valence-electron chi connectivity index (χ0n) is 9.42. The van der Waals surface area contributed by atoms with Crippen molar-refractivity contribution in [2.24, 2.45) is 5.92 Å². The average Bonchev–Trinajstić information content (AvgIpc) is 2.28. The average molecular weight is 238 g/mol. The summed E-state index contributed by atoms with van der Waals surface area (Å²) in [6.07, 6.45) is -0.174. The Labute approximate surface area is 98.6 Å². The third-order valence-corrected chi connectivity index (χ3v) is 2.41. The van der Waals surface area contributed by atoms with Gasteiger partial charge < -0.3 is 14.9 Å². The molecule has 92 valence electrons. The molecule has 1 unspecified atom stereocenters. The highest BCUT2D eigenvalue weighted by Crippen LogP contribution is 2.16. The molecule has 5 heteroatoms. The molecule has 0 radical (unpaired) electrons. The molecule has 1 atom stereocenters. The number of aliphatic carboxylic acids is 2. The van der Waals surface area contributed by atoms with Crippen LogP contribution in [0.2, 0.25) is 0 Å². The Bertz CT molecular complexity index is 396. The summed E-state index contributed by atoms with van der Waals surface area (Å²) in [5.41, 5.74) is 0.777. The van der Waals surface area contributed by atoms with E-state index in [1.807, 2.05) is 0 Å². The molecular weight excluding hydrogens is 224 g/mol. The minimum absolute atomic E-state index is 0.200. The molecule has 0 bridgehead atoms. The second-order valence-electron chi connectivity index (χ2n) is 3.69. The summed E-state index contributed by atoms with van der Waals surface area (Å²) >= 11 is 0. The molecule has 0 spiro atoms. The fraction of sp³-hybridized carbons (Fsp3) is 0.333. The Morgan fingerprint density at radius 3 is 2.24 bits per heavy atom. The molecule has 0 aliphatic rings. The number of carboxylic acid groups (broad SMARTS) is 2. The summed E-state index contributed by atoms with van der Waals surface area (Å²) in [7, 11) is 1.54. The van der Waals surface area contributed by atoms with Crippen LogP contribution in [0.3, 0.4) is 0 Å². The van der Waals surface area contributed by atoms with Gasteiger partial charge in [0.05, 0.1) is 19.4 Å². The minimum Gasteiger partial charge on any atom is -0.497 e. The molecule has 0 saturated heterocycles. The van der Waals surface area contributed by atoms with Gasteiger partial charge in [-0.25, -0.2) is 0 Å². The lowest BCUT2D eigenvalue weighted by atomic mass is 9.96. The highest BCUT2D eigenvalue weighted by Gasteiger charge is 2.21. The standard InChI is InChI=1S/C12H14O5/c1-17-10-4-2-8(3-5-10)6-9(12(15)16)7-11(13)14/h2-5,9H,6-7H2,1H3,(H,13,14)(H,15,16). The molecule has 1 rings (SSSR count). The van der Waals surface area contributed by atoms with Gasteiger partial charge in [0, 0.05) is 0 Å². The summed E-state index contributed by atoms with van der Waals surface area (Å²) in [6, 6.07) is 6.90. The smallest absolute Gasteiger partial charge is 0.307 e. The van der Waals surface area contributed by atoms with E-state index in [4.69, 9.17) is 14.9 Å². The van der Waals surface area contributed by atoms with Crippen LogP contribution >= 0.6 is 0 Å². The van der Waals surface area contributed by atoms with Gasteiger partial charge in [0.25, 0.3) is 0 Å². The molecule has 2 N–H and O–H groups in total. The predicted octanol–water partition coefficient (Wildman–Crippen LogP) is 1.41. The molecule has 0 aromatic heterocycles. The van der Waals surface area contributed by atoms with Crippen LogP contribution in [-0.4, -0.2) is 29.3 Å². The molecule has 1 aromatic rings. The monoisotopic (exact) mass is 238 g/mol. The van der Waals surface area contributed by atoms with Gasteiger partial charge in [-0.05, 0) is 24.1 Å². The van der Waals surface area contributed by atoms with E-state index in [-0.39, 0.29) is 12.8 Å². The van der Waals surface area contributed by atoms with Crippen molar-refractivity contribution in [1.29, 1.82) is 0 Å². The fourth-order valence-corrected chi connectivity index (χ4v) is 1.50. The van der Waals surface area contributed by atoms with Gasteiger partial charge in [0.1, 0.15) is 5.75 Å². The number of carbonyl (C=O) groups is 2. The summed E-state index contributed by atoms with van der Waals surface area (Å²) in [6.45, 7) is 0. The number of benzene rings is 1. The lowest BCUT2D eigenvalue weighted by molar-refractivity contribution is -0.148. The van der Waals surface area contributed by atoms with Crippen LogP contribution in [0, 0.1) is 5.92 Å². The summed E-state index contributed by atoms with van der Waals surface area (Å²) in [4.78, 5) is 21.4. The SMILES string of the molecule is COc1ccc(CC(CC(=O)O)C(=O)O)cc1. The van der Waals surface area contributed by atoms with Gasteiger partial charge >= 0.3 is 11.9 Å². The van der Waals surface area contributed by atoms with E-state index in [0.717, 1.165) is 5.56 Å². The van der Waals surface area contributed by atoms with E-state index in [1.54, 1.807) is 31.4 Å². The van der Waals surface area contributed by atoms with Crippen molar-refractivity contribution in [3.63, 3.8) is 0 Å². The molecule has 17 heavy (non-hydrogen) atoms. The van der Waals surface area contributed by atoms with Crippen LogP contribution in [0.15, 0.2) is 24.3 Å². The number of rotatable bonds is 6. The maximum absolute atomic E-state index is 10.9. The third-order valence-electron chi connectivity index (χ3n) is 2.41. The van der Waals surface area contributed by atoms with Crippen molar-refractivity contribution in [3.05, 3.63) is 29.8 Å². The normalized spacial score (nSPS) is 11.8. The Morgan fingerprint density at radius 1 is 1.24 bits per heavy atom. The number of hydrogen-bond donors (Lipinski definition) is 2. The molecular formula is C12H14O5. The van der Waals surface area contributed by atoms with E-state index < -0.39 is 17.9 Å². The lowest BCUT2D eigenvalue weighted by Crippen LogP contribution is -2.20. The Balaban J connectivity index is 2.71. The van der Waals surface area contributed by atoms with Crippen LogP contribution in [-0.2, 0) is 16.0 Å². The molecule has 0 amide bonds. The first-order valence-corrected chi connectivity index (χ1v) is 5.10. The van der Waals surface area contributed by atoms with Crippen LogP contribution in [0.5, 0.6) is 5.75 Å². The summed E-state index contributed by atoms with van der Waals surface area (Å²) in [5, 5.41) is 17.5. The van der Waals surface area contributed by atoms with Gasteiger partial charge in [-0.2, -0.15) is 0 Å². The fourth-order valence-electron chi connectivity index (χ4n) is 1.50. The van der Waals surface area contributed by atoms with Gasteiger partial charge in [-0.3, -0.25) is 9.59 Å². The largest absolute Gasteiger partial charge is 0.497 e. The molecule has 1 aromatic carbocycles. The highest BCUT2D eigenvalue weighted by molar-refractivity contribution is 5.78. The highest BCUT2D eigenvalue weighted by atomic mass is 16.5. The quantitative estimate of drug-likeness (QED) is 0.782. The number of methoxy groups -OCH3 is 1. The molecule has 0 aliphatic heterocycles. The molecule has 0 fully saturated rings. The Kier molecular flexibility index (Phi) is 4.51. The molecule has 5 nitrogen and oxygen atoms in total. The second kappa shape index (κ2) is 5.89. The van der Waals surface area contributed by atoms with Gasteiger partial charge in [0.15, 0.2) is 0 Å². The lowest BCUT2D eigenvalue weighted by Gasteiger charge is -2.10. The van der Waals surface area contributed by atoms with Gasteiger partial charge in [0.2, 0.25) is 0 Å². The predicted molar refractivity (Wildman–Crippen MR) is 60.1 cm³/mol. The topological polar surface area (TPSA) is 83.8 Å². The van der Waals surface area contributed by atoms with Gasteiger partial charge in [-0.1, -0.05) is 12.1 Å². The molecule has 0 aliphatic carbocycles. The second-order valence-corrected chi connectivity index (χ2v) is 3.69. The van der Waals surface area contributed by atoms with Crippen LogP contribution in [0.4, 0.5) is 0 Å². The zero-order valence-corrected chi connectivity index (χ0v) is 9.42. The number of carboxylic acids is 2. The number of ether oxygens (including phenoxy) is 1.